The lowest BCUT2D eigenvalue weighted by Gasteiger charge is -2.64. The van der Waals surface area contributed by atoms with Gasteiger partial charge in [0.2, 0.25) is 0 Å². The Morgan fingerprint density at radius 3 is 2.29 bits per heavy atom. The predicted octanol–water partition coefficient (Wildman–Crippen LogP) is 2.09. The molecule has 0 amide bonds. The van der Waals surface area contributed by atoms with Gasteiger partial charge in [0.05, 0.1) is 25.4 Å². The summed E-state index contributed by atoms with van der Waals surface area (Å²) in [5.41, 5.74) is -0.887. The van der Waals surface area contributed by atoms with Crippen molar-refractivity contribution in [2.24, 2.45) is 34.0 Å². The average Bonchev–Trinajstić information content (AvgIpc) is 2.80. The second-order valence-electron chi connectivity index (χ2n) is 9.96. The first-order valence-corrected chi connectivity index (χ1v) is 9.93. The maximum Gasteiger partial charge on any atom is 0.0910 e. The van der Waals surface area contributed by atoms with Crippen LogP contribution in [0.4, 0.5) is 0 Å². The van der Waals surface area contributed by atoms with Crippen molar-refractivity contribution in [3.63, 3.8) is 0 Å². The highest BCUT2D eigenvalue weighted by atomic mass is 16.3. The van der Waals surface area contributed by atoms with Crippen molar-refractivity contribution < 1.29 is 20.4 Å². The van der Waals surface area contributed by atoms with Crippen LogP contribution in [0, 0.1) is 34.0 Å². The minimum Gasteiger partial charge on any atom is -0.396 e. The van der Waals surface area contributed by atoms with Crippen LogP contribution >= 0.6 is 0 Å². The number of hydrogen-bond donors (Lipinski definition) is 4. The molecule has 4 saturated carbocycles. The molecular weight excluding hydrogens is 304 g/mol. The average molecular weight is 338 g/mol. The zero-order chi connectivity index (χ0) is 17.2. The first-order chi connectivity index (χ1) is 11.4. The predicted molar refractivity (Wildman–Crippen MR) is 91.2 cm³/mol. The van der Waals surface area contributed by atoms with Gasteiger partial charge in [0.25, 0.3) is 0 Å². The van der Waals surface area contributed by atoms with E-state index in [4.69, 9.17) is 0 Å². The summed E-state index contributed by atoms with van der Waals surface area (Å²) in [6.07, 6.45) is 9.26. The van der Waals surface area contributed by atoms with Gasteiger partial charge in [-0.15, -0.1) is 0 Å². The fourth-order valence-corrected chi connectivity index (χ4v) is 8.18. The van der Waals surface area contributed by atoms with E-state index in [1.165, 1.54) is 6.42 Å². The molecule has 4 rings (SSSR count). The lowest BCUT2D eigenvalue weighted by molar-refractivity contribution is -0.176. The molecule has 0 aromatic carbocycles. The van der Waals surface area contributed by atoms with Crippen molar-refractivity contribution in [3.8, 4) is 0 Å². The molecule has 2 bridgehead atoms. The lowest BCUT2D eigenvalue weighted by Crippen LogP contribution is -2.59. The molecule has 0 aromatic heterocycles. The molecule has 0 saturated heterocycles. The van der Waals surface area contributed by atoms with Crippen molar-refractivity contribution in [1.29, 1.82) is 0 Å². The SMILES string of the molecule is C[C@]12CCCC(CO)(CO)[C@H]1CC[C@]13C[C@H](CC[C@@H]12)[C@](O)(CO)C3. The minimum atomic E-state index is -0.877. The number of aliphatic hydroxyl groups excluding tert-OH is 3. The minimum absolute atomic E-state index is 0.0900. The molecule has 0 unspecified atom stereocenters. The Balaban J connectivity index is 1.71. The summed E-state index contributed by atoms with van der Waals surface area (Å²) in [4.78, 5) is 0. The summed E-state index contributed by atoms with van der Waals surface area (Å²) in [7, 11) is 0. The highest BCUT2D eigenvalue weighted by Gasteiger charge is 2.67. The molecule has 4 N–H and O–H groups in total. The van der Waals surface area contributed by atoms with E-state index in [2.05, 4.69) is 6.92 Å². The zero-order valence-corrected chi connectivity index (χ0v) is 15.0. The quantitative estimate of drug-likeness (QED) is 0.635. The van der Waals surface area contributed by atoms with Crippen LogP contribution in [0.1, 0.15) is 64.7 Å². The third-order valence-electron chi connectivity index (χ3n) is 9.17. The summed E-state index contributed by atoms with van der Waals surface area (Å²) in [6.45, 7) is 2.47. The first kappa shape index (κ1) is 17.3. The molecular formula is C20H34O4. The van der Waals surface area contributed by atoms with Gasteiger partial charge in [-0.2, -0.15) is 0 Å². The number of hydrogen-bond acceptors (Lipinski definition) is 4. The summed E-state index contributed by atoms with van der Waals surface area (Å²) in [6, 6.07) is 0. The topological polar surface area (TPSA) is 80.9 Å². The van der Waals surface area contributed by atoms with Crippen LogP contribution in [-0.2, 0) is 0 Å². The normalized spacial score (nSPS) is 52.6. The van der Waals surface area contributed by atoms with Crippen LogP contribution in [0.15, 0.2) is 0 Å². The van der Waals surface area contributed by atoms with E-state index in [1.54, 1.807) is 0 Å². The Hall–Kier alpha value is -0.160. The maximum atomic E-state index is 10.9. The summed E-state index contributed by atoms with van der Waals surface area (Å²) >= 11 is 0. The largest absolute Gasteiger partial charge is 0.396 e. The van der Waals surface area contributed by atoms with E-state index in [0.29, 0.717) is 11.8 Å². The van der Waals surface area contributed by atoms with Crippen LogP contribution in [-0.4, -0.2) is 45.8 Å². The van der Waals surface area contributed by atoms with Crippen LogP contribution in [0.5, 0.6) is 0 Å². The Bertz CT molecular complexity index is 504. The van der Waals surface area contributed by atoms with Gasteiger partial charge in [-0.3, -0.25) is 0 Å². The number of rotatable bonds is 3. The van der Waals surface area contributed by atoms with E-state index >= 15 is 0 Å². The van der Waals surface area contributed by atoms with Gasteiger partial charge in [-0.1, -0.05) is 13.3 Å². The second-order valence-corrected chi connectivity index (χ2v) is 9.96. The monoisotopic (exact) mass is 338 g/mol. The van der Waals surface area contributed by atoms with Gasteiger partial charge in [0, 0.05) is 5.41 Å². The van der Waals surface area contributed by atoms with Gasteiger partial charge in [-0.05, 0) is 80.0 Å². The molecule has 24 heavy (non-hydrogen) atoms. The van der Waals surface area contributed by atoms with Crippen molar-refractivity contribution in [2.45, 2.75) is 70.3 Å². The van der Waals surface area contributed by atoms with E-state index in [9.17, 15) is 20.4 Å². The van der Waals surface area contributed by atoms with E-state index in [1.807, 2.05) is 0 Å². The standard InChI is InChI=1S/C20H34O4/c1-17-6-2-7-19(11-21,12-22)16(17)5-8-18-9-14(3-4-15(17)18)20(24,10-18)13-23/h14-16,21-24H,2-13H2,1H3/t14-,15+,16-,17+,18+,20+/m0/s1. The molecule has 6 atom stereocenters. The molecule has 4 aliphatic carbocycles. The summed E-state index contributed by atoms with van der Waals surface area (Å²) in [5.74, 6) is 1.19. The molecule has 0 heterocycles. The summed E-state index contributed by atoms with van der Waals surface area (Å²) < 4.78 is 0. The van der Waals surface area contributed by atoms with Crippen molar-refractivity contribution in [1.82, 2.24) is 0 Å². The molecule has 0 aromatic rings. The Kier molecular flexibility index (Phi) is 3.90. The van der Waals surface area contributed by atoms with Gasteiger partial charge in [0.1, 0.15) is 0 Å². The summed E-state index contributed by atoms with van der Waals surface area (Å²) in [5, 5.41) is 41.0. The lowest BCUT2D eigenvalue weighted by atomic mass is 9.41. The van der Waals surface area contributed by atoms with Crippen LogP contribution in [0.2, 0.25) is 0 Å². The molecule has 138 valence electrons. The fourth-order valence-electron chi connectivity index (χ4n) is 8.18. The number of aliphatic hydroxyl groups is 4. The highest BCUT2D eigenvalue weighted by molar-refractivity contribution is 5.17. The third-order valence-corrected chi connectivity index (χ3v) is 9.17. The Morgan fingerprint density at radius 1 is 0.875 bits per heavy atom. The number of fused-ring (bicyclic) bond motifs is 3. The van der Waals surface area contributed by atoms with Gasteiger partial charge in [-0.25, -0.2) is 0 Å². The van der Waals surface area contributed by atoms with Gasteiger partial charge < -0.3 is 20.4 Å². The maximum absolute atomic E-state index is 10.9. The second kappa shape index (κ2) is 5.42. The smallest absolute Gasteiger partial charge is 0.0910 e. The molecule has 4 fully saturated rings. The molecule has 4 heteroatoms. The highest BCUT2D eigenvalue weighted by Crippen LogP contribution is 2.72. The molecule has 0 radical (unpaired) electrons. The zero-order valence-electron chi connectivity index (χ0n) is 15.0. The first-order valence-electron chi connectivity index (χ1n) is 9.93. The molecule has 1 spiro atoms. The third kappa shape index (κ3) is 2.00. The van der Waals surface area contributed by atoms with E-state index in [-0.39, 0.29) is 42.0 Å². The van der Waals surface area contributed by atoms with Crippen LogP contribution < -0.4 is 0 Å². The Morgan fingerprint density at radius 2 is 1.62 bits per heavy atom. The molecule has 4 nitrogen and oxygen atoms in total. The van der Waals surface area contributed by atoms with Crippen molar-refractivity contribution >= 4 is 0 Å². The van der Waals surface area contributed by atoms with Crippen molar-refractivity contribution in [2.75, 3.05) is 19.8 Å². The van der Waals surface area contributed by atoms with Crippen molar-refractivity contribution in [3.05, 3.63) is 0 Å². The molecule has 0 aliphatic heterocycles. The Labute approximate surface area is 145 Å². The van der Waals surface area contributed by atoms with Crippen LogP contribution in [0.3, 0.4) is 0 Å². The fraction of sp³-hybridized carbons (Fsp3) is 1.00. The molecule has 4 aliphatic rings. The van der Waals surface area contributed by atoms with Gasteiger partial charge in [0.15, 0.2) is 0 Å². The van der Waals surface area contributed by atoms with Gasteiger partial charge >= 0.3 is 0 Å². The van der Waals surface area contributed by atoms with E-state index < -0.39 is 5.60 Å². The van der Waals surface area contributed by atoms with Crippen LogP contribution in [0.25, 0.3) is 0 Å². The van der Waals surface area contributed by atoms with E-state index in [0.717, 1.165) is 51.4 Å².